The first-order valence-electron chi connectivity index (χ1n) is 8.38. The maximum absolute atomic E-state index is 13.5. The molecule has 27 heavy (non-hydrogen) atoms. The molecule has 0 saturated carbocycles. The zero-order valence-electron chi connectivity index (χ0n) is 15.0. The highest BCUT2D eigenvalue weighted by atomic mass is 19.2. The minimum Gasteiger partial charge on any atom is -0.507 e. The second-order valence-corrected chi connectivity index (χ2v) is 5.66. The third-order valence-corrected chi connectivity index (χ3v) is 3.92. The number of halogens is 3. The summed E-state index contributed by atoms with van der Waals surface area (Å²) >= 11 is 0. The van der Waals surface area contributed by atoms with Crippen LogP contribution in [0.1, 0.15) is 19.4 Å². The Balaban J connectivity index is 2.01. The zero-order chi connectivity index (χ0) is 20.0. The van der Waals surface area contributed by atoms with E-state index < -0.39 is 29.0 Å². The van der Waals surface area contributed by atoms with Crippen LogP contribution in [-0.4, -0.2) is 36.9 Å². The largest absolute Gasteiger partial charge is 0.507 e. The molecule has 0 aromatic heterocycles. The van der Waals surface area contributed by atoms with Gasteiger partial charge in [-0.15, -0.1) is 0 Å². The Morgan fingerprint density at radius 3 is 2.48 bits per heavy atom. The molecule has 0 aliphatic carbocycles. The van der Waals surface area contributed by atoms with E-state index >= 15 is 0 Å². The molecule has 0 radical (unpaired) electrons. The van der Waals surface area contributed by atoms with Crippen LogP contribution < -0.4 is 10.2 Å². The van der Waals surface area contributed by atoms with Gasteiger partial charge in [0, 0.05) is 36.6 Å². The van der Waals surface area contributed by atoms with Gasteiger partial charge in [-0.2, -0.15) is 0 Å². The zero-order valence-corrected chi connectivity index (χ0v) is 15.0. The minimum absolute atomic E-state index is 0.00945. The Kier molecular flexibility index (Phi) is 6.81. The molecule has 0 aliphatic heterocycles. The third-order valence-electron chi connectivity index (χ3n) is 3.92. The molecule has 1 amide bonds. The molecule has 2 rings (SSSR count). The molecule has 0 saturated heterocycles. The minimum atomic E-state index is -1.66. The van der Waals surface area contributed by atoms with Gasteiger partial charge in [0.1, 0.15) is 12.3 Å². The first-order chi connectivity index (χ1) is 12.9. The number of hydrogen-bond donors (Lipinski definition) is 2. The third kappa shape index (κ3) is 4.99. The second kappa shape index (κ2) is 9.07. The number of amides is 1. The van der Waals surface area contributed by atoms with Crippen LogP contribution in [0, 0.1) is 17.5 Å². The van der Waals surface area contributed by atoms with Crippen molar-refractivity contribution in [2.24, 2.45) is 4.99 Å². The molecule has 144 valence electrons. The van der Waals surface area contributed by atoms with Crippen molar-refractivity contribution in [2.45, 2.75) is 13.8 Å². The lowest BCUT2D eigenvalue weighted by atomic mass is 10.2. The summed E-state index contributed by atoms with van der Waals surface area (Å²) in [6, 6.07) is 6.73. The molecule has 0 fully saturated rings. The van der Waals surface area contributed by atoms with Crippen molar-refractivity contribution in [3.63, 3.8) is 0 Å². The fourth-order valence-electron chi connectivity index (χ4n) is 2.47. The number of rotatable bonds is 7. The number of carbonyl (C=O) groups excluding carboxylic acids is 1. The topological polar surface area (TPSA) is 64.9 Å². The quantitative estimate of drug-likeness (QED) is 0.569. The maximum atomic E-state index is 13.5. The first kappa shape index (κ1) is 20.3. The van der Waals surface area contributed by atoms with Gasteiger partial charge in [0.2, 0.25) is 5.91 Å². The fraction of sp³-hybridized carbons (Fsp3) is 0.263. The fourth-order valence-corrected chi connectivity index (χ4v) is 2.47. The predicted octanol–water partition coefficient (Wildman–Crippen LogP) is 3.71. The summed E-state index contributed by atoms with van der Waals surface area (Å²) in [5, 5.41) is 12.2. The first-order valence-corrected chi connectivity index (χ1v) is 8.38. The molecule has 0 heterocycles. The van der Waals surface area contributed by atoms with E-state index in [4.69, 9.17) is 0 Å². The van der Waals surface area contributed by atoms with Gasteiger partial charge in [-0.3, -0.25) is 9.79 Å². The number of anilines is 2. The molecule has 0 bridgehead atoms. The summed E-state index contributed by atoms with van der Waals surface area (Å²) in [7, 11) is 0. The highest BCUT2D eigenvalue weighted by Crippen LogP contribution is 2.23. The van der Waals surface area contributed by atoms with Crippen LogP contribution in [0.15, 0.2) is 35.3 Å². The molecule has 2 aromatic rings. The van der Waals surface area contributed by atoms with E-state index in [-0.39, 0.29) is 12.3 Å². The summed E-state index contributed by atoms with van der Waals surface area (Å²) in [6.07, 6.45) is 1.31. The van der Waals surface area contributed by atoms with E-state index in [9.17, 15) is 23.1 Å². The number of phenols is 1. The van der Waals surface area contributed by atoms with Crippen LogP contribution in [0.25, 0.3) is 0 Å². The Bertz CT molecular complexity index is 852. The molecule has 0 atom stereocenters. The van der Waals surface area contributed by atoms with E-state index in [1.807, 2.05) is 19.9 Å². The van der Waals surface area contributed by atoms with E-state index in [2.05, 4.69) is 15.2 Å². The average molecular weight is 379 g/mol. The van der Waals surface area contributed by atoms with Gasteiger partial charge in [-0.05, 0) is 38.1 Å². The summed E-state index contributed by atoms with van der Waals surface area (Å²) in [5.74, 6) is -5.18. The number of aromatic hydroxyl groups is 1. The molecule has 8 heteroatoms. The van der Waals surface area contributed by atoms with Crippen molar-refractivity contribution in [3.8, 4) is 5.75 Å². The lowest BCUT2D eigenvalue weighted by Gasteiger charge is -2.21. The second-order valence-electron chi connectivity index (χ2n) is 5.66. The lowest BCUT2D eigenvalue weighted by Crippen LogP contribution is -2.21. The monoisotopic (exact) mass is 379 g/mol. The number of phenolic OH excluding ortho intramolecular Hbond substituents is 1. The number of nitrogens with zero attached hydrogens (tertiary/aromatic N) is 2. The van der Waals surface area contributed by atoms with Crippen molar-refractivity contribution in [2.75, 3.05) is 29.9 Å². The number of aliphatic imine (C=N–C) groups is 1. The number of benzene rings is 2. The van der Waals surface area contributed by atoms with Gasteiger partial charge in [0.15, 0.2) is 17.5 Å². The van der Waals surface area contributed by atoms with Gasteiger partial charge in [-0.1, -0.05) is 0 Å². The summed E-state index contributed by atoms with van der Waals surface area (Å²) in [5.41, 5.74) is 0.805. The van der Waals surface area contributed by atoms with Crippen molar-refractivity contribution < 1.29 is 23.1 Å². The van der Waals surface area contributed by atoms with Crippen LogP contribution in [0.4, 0.5) is 24.5 Å². The van der Waals surface area contributed by atoms with E-state index in [1.54, 1.807) is 12.1 Å². The molecule has 0 spiro atoms. The van der Waals surface area contributed by atoms with Crippen LogP contribution in [0.2, 0.25) is 0 Å². The summed E-state index contributed by atoms with van der Waals surface area (Å²) in [4.78, 5) is 17.7. The Hall–Kier alpha value is -3.03. The van der Waals surface area contributed by atoms with Gasteiger partial charge in [0.25, 0.3) is 0 Å². The lowest BCUT2D eigenvalue weighted by molar-refractivity contribution is -0.114. The molecule has 2 aromatic carbocycles. The summed E-state index contributed by atoms with van der Waals surface area (Å²) in [6.45, 7) is 5.22. The summed E-state index contributed by atoms with van der Waals surface area (Å²) < 4.78 is 39.5. The molecule has 5 nitrogen and oxygen atoms in total. The van der Waals surface area contributed by atoms with Crippen LogP contribution >= 0.6 is 0 Å². The maximum Gasteiger partial charge on any atom is 0.246 e. The molecular formula is C19H20F3N3O2. The SMILES string of the molecule is CCN(CC)c1ccc(C=NCC(=O)Nc2ccc(F)c(F)c2F)c(O)c1. The molecule has 0 aliphatic rings. The van der Waals surface area contributed by atoms with Crippen molar-refractivity contribution in [3.05, 3.63) is 53.3 Å². The van der Waals surface area contributed by atoms with Crippen LogP contribution in [-0.2, 0) is 4.79 Å². The van der Waals surface area contributed by atoms with Crippen molar-refractivity contribution in [1.82, 2.24) is 0 Å². The normalized spacial score (nSPS) is 11.0. The molecular weight excluding hydrogens is 359 g/mol. The highest BCUT2D eigenvalue weighted by Gasteiger charge is 2.14. The number of carbonyl (C=O) groups is 1. The Labute approximate surface area is 155 Å². The Morgan fingerprint density at radius 2 is 1.85 bits per heavy atom. The van der Waals surface area contributed by atoms with Crippen LogP contribution in [0.3, 0.4) is 0 Å². The van der Waals surface area contributed by atoms with Gasteiger partial charge < -0.3 is 15.3 Å². The predicted molar refractivity (Wildman–Crippen MR) is 99.1 cm³/mol. The highest BCUT2D eigenvalue weighted by molar-refractivity contribution is 5.94. The molecule has 0 unspecified atom stereocenters. The number of nitrogens with one attached hydrogen (secondary N) is 1. The smallest absolute Gasteiger partial charge is 0.246 e. The van der Waals surface area contributed by atoms with E-state index in [0.29, 0.717) is 11.6 Å². The number of hydrogen-bond acceptors (Lipinski definition) is 4. The molecule has 2 N–H and O–H groups in total. The van der Waals surface area contributed by atoms with E-state index in [1.165, 1.54) is 6.21 Å². The van der Waals surface area contributed by atoms with E-state index in [0.717, 1.165) is 24.8 Å². The van der Waals surface area contributed by atoms with Crippen molar-refractivity contribution >= 4 is 23.5 Å². The van der Waals surface area contributed by atoms with Gasteiger partial charge >= 0.3 is 0 Å². The van der Waals surface area contributed by atoms with Gasteiger partial charge in [0.05, 0.1) is 5.69 Å². The van der Waals surface area contributed by atoms with Crippen molar-refractivity contribution in [1.29, 1.82) is 0 Å². The average Bonchev–Trinajstić information content (AvgIpc) is 2.65. The Morgan fingerprint density at radius 1 is 1.15 bits per heavy atom. The van der Waals surface area contributed by atoms with Gasteiger partial charge in [-0.25, -0.2) is 13.2 Å². The van der Waals surface area contributed by atoms with Crippen LogP contribution in [0.5, 0.6) is 5.75 Å². The standard InChI is InChI=1S/C19H20F3N3O2/c1-3-25(4-2)13-6-5-12(16(26)9-13)10-23-11-17(27)24-15-8-7-14(20)18(21)19(15)22/h5-10,26H,3-4,11H2,1-2H3,(H,24,27).